The number of esters is 2. The summed E-state index contributed by atoms with van der Waals surface area (Å²) in [6.07, 6.45) is -0.783. The van der Waals surface area contributed by atoms with Crippen LogP contribution >= 0.6 is 15.9 Å². The lowest BCUT2D eigenvalue weighted by molar-refractivity contribution is -0.165. The smallest absolute Gasteiger partial charge is 0.408 e. The van der Waals surface area contributed by atoms with E-state index >= 15 is 0 Å². The summed E-state index contributed by atoms with van der Waals surface area (Å²) in [5.74, 6) is -3.15. The Labute approximate surface area is 225 Å². The monoisotopic (exact) mass is 567 g/mol. The Balaban J connectivity index is 1.92. The van der Waals surface area contributed by atoms with Crippen LogP contribution in [0, 0.1) is 5.92 Å². The van der Waals surface area contributed by atoms with Crippen LogP contribution in [-0.4, -0.2) is 23.6 Å². The van der Waals surface area contributed by atoms with Gasteiger partial charge in [0.1, 0.15) is 18.8 Å². The molecule has 0 bridgehead atoms. The Morgan fingerprint density at radius 2 is 1.30 bits per heavy atom. The third kappa shape index (κ3) is 9.06. The number of carbonyl (C=O) groups excluding carboxylic acids is 3. The summed E-state index contributed by atoms with van der Waals surface area (Å²) >= 11 is 3.42. The van der Waals surface area contributed by atoms with Gasteiger partial charge in [-0.1, -0.05) is 88.7 Å². The summed E-state index contributed by atoms with van der Waals surface area (Å²) in [4.78, 5) is 39.6. The molecule has 1 amide bonds. The summed E-state index contributed by atoms with van der Waals surface area (Å²) < 4.78 is 17.2. The van der Waals surface area contributed by atoms with Crippen molar-refractivity contribution in [3.63, 3.8) is 0 Å². The molecule has 0 saturated carbocycles. The second-order valence-electron chi connectivity index (χ2n) is 9.34. The van der Waals surface area contributed by atoms with Crippen LogP contribution < -0.4 is 5.32 Å². The van der Waals surface area contributed by atoms with Gasteiger partial charge < -0.3 is 19.5 Å². The number of nitrogens with one attached hydrogen (secondary N) is 1. The fourth-order valence-corrected chi connectivity index (χ4v) is 3.92. The summed E-state index contributed by atoms with van der Waals surface area (Å²) in [6, 6.07) is 24.1. The maximum absolute atomic E-state index is 13.4. The molecule has 0 aliphatic carbocycles. The minimum atomic E-state index is -1.49. The molecule has 0 heterocycles. The van der Waals surface area contributed by atoms with E-state index in [0.717, 1.165) is 11.1 Å². The summed E-state index contributed by atoms with van der Waals surface area (Å²) in [5, 5.41) is 2.69. The molecule has 0 aliphatic heterocycles. The van der Waals surface area contributed by atoms with Crippen LogP contribution in [-0.2, 0) is 37.0 Å². The van der Waals surface area contributed by atoms with Gasteiger partial charge in [0.25, 0.3) is 0 Å². The van der Waals surface area contributed by atoms with Crippen molar-refractivity contribution >= 4 is 34.0 Å². The van der Waals surface area contributed by atoms with Crippen molar-refractivity contribution in [2.24, 2.45) is 5.92 Å². The second kappa shape index (κ2) is 13.1. The van der Waals surface area contributed by atoms with Crippen molar-refractivity contribution < 1.29 is 28.6 Å². The van der Waals surface area contributed by atoms with E-state index < -0.39 is 35.6 Å². The minimum Gasteiger partial charge on any atom is -0.460 e. The molecule has 8 heteroatoms. The highest BCUT2D eigenvalue weighted by Crippen LogP contribution is 2.28. The fourth-order valence-electron chi connectivity index (χ4n) is 3.50. The van der Waals surface area contributed by atoms with Crippen LogP contribution in [0.5, 0.6) is 0 Å². The molecule has 37 heavy (non-hydrogen) atoms. The fraction of sp³-hybridized carbons (Fsp3) is 0.276. The standard InChI is InChI=1S/C29H30BrNO6/c1-29(2,3)37-28(34)31-25(22-15-10-16-23(30)17-22)24(26(32)35-18-20-11-6-4-7-12-20)27(33)36-19-21-13-8-5-9-14-21/h4-17,24-25H,18-19H2,1-3H3,(H,31,34)/t25-/m0/s1. The molecule has 194 valence electrons. The predicted octanol–water partition coefficient (Wildman–Crippen LogP) is 6.12. The second-order valence-corrected chi connectivity index (χ2v) is 10.3. The molecule has 0 fully saturated rings. The van der Waals surface area contributed by atoms with Crippen molar-refractivity contribution in [2.75, 3.05) is 0 Å². The number of hydrogen-bond donors (Lipinski definition) is 1. The van der Waals surface area contributed by atoms with E-state index in [2.05, 4.69) is 21.2 Å². The molecule has 3 rings (SSSR count). The predicted molar refractivity (Wildman–Crippen MR) is 142 cm³/mol. The maximum atomic E-state index is 13.4. The normalized spacial score (nSPS) is 11.9. The summed E-state index contributed by atoms with van der Waals surface area (Å²) in [7, 11) is 0. The first-order valence-electron chi connectivity index (χ1n) is 11.8. The first-order valence-corrected chi connectivity index (χ1v) is 12.6. The number of alkyl carbamates (subject to hydrolysis) is 1. The Hall–Kier alpha value is -3.65. The average Bonchev–Trinajstić information content (AvgIpc) is 2.86. The van der Waals surface area contributed by atoms with Crippen LogP contribution in [0.25, 0.3) is 0 Å². The first-order chi connectivity index (χ1) is 17.6. The van der Waals surface area contributed by atoms with Gasteiger partial charge in [0.15, 0.2) is 5.92 Å². The highest BCUT2D eigenvalue weighted by molar-refractivity contribution is 9.10. The zero-order valence-electron chi connectivity index (χ0n) is 21.0. The van der Waals surface area contributed by atoms with Crippen LogP contribution in [0.4, 0.5) is 4.79 Å². The largest absolute Gasteiger partial charge is 0.460 e. The molecule has 7 nitrogen and oxygen atoms in total. The van der Waals surface area contributed by atoms with Gasteiger partial charge in [-0.2, -0.15) is 0 Å². The van der Waals surface area contributed by atoms with Gasteiger partial charge in [-0.3, -0.25) is 9.59 Å². The van der Waals surface area contributed by atoms with E-state index in [1.807, 2.05) is 36.4 Å². The Morgan fingerprint density at radius 3 is 1.76 bits per heavy atom. The molecule has 0 saturated heterocycles. The lowest BCUT2D eigenvalue weighted by Gasteiger charge is -2.28. The van der Waals surface area contributed by atoms with E-state index in [1.54, 1.807) is 69.3 Å². The number of carbonyl (C=O) groups is 3. The Kier molecular flexibility index (Phi) is 9.85. The molecule has 0 aliphatic rings. The third-order valence-electron chi connectivity index (χ3n) is 5.17. The van der Waals surface area contributed by atoms with Crippen LogP contribution in [0.3, 0.4) is 0 Å². The number of halogens is 1. The number of benzene rings is 3. The van der Waals surface area contributed by atoms with Gasteiger partial charge in [-0.15, -0.1) is 0 Å². The van der Waals surface area contributed by atoms with Gasteiger partial charge in [0.2, 0.25) is 0 Å². The molecule has 0 radical (unpaired) electrons. The number of ether oxygens (including phenoxy) is 3. The maximum Gasteiger partial charge on any atom is 0.408 e. The molecular weight excluding hydrogens is 538 g/mol. The Morgan fingerprint density at radius 1 is 0.784 bits per heavy atom. The molecule has 1 atom stereocenters. The molecule has 3 aromatic carbocycles. The van der Waals surface area contributed by atoms with Gasteiger partial charge in [0, 0.05) is 4.47 Å². The third-order valence-corrected chi connectivity index (χ3v) is 5.66. The topological polar surface area (TPSA) is 90.9 Å². The zero-order chi connectivity index (χ0) is 26.8. The average molecular weight is 568 g/mol. The van der Waals surface area contributed by atoms with Crippen LogP contribution in [0.15, 0.2) is 89.4 Å². The molecule has 1 N–H and O–H groups in total. The van der Waals surface area contributed by atoms with E-state index in [9.17, 15) is 14.4 Å². The van der Waals surface area contributed by atoms with E-state index in [0.29, 0.717) is 10.0 Å². The number of rotatable bonds is 9. The summed E-state index contributed by atoms with van der Waals surface area (Å²) in [6.45, 7) is 5.08. The molecule has 0 aromatic heterocycles. The van der Waals surface area contributed by atoms with E-state index in [-0.39, 0.29) is 13.2 Å². The highest BCUT2D eigenvalue weighted by Gasteiger charge is 2.40. The number of amides is 1. The molecule has 0 spiro atoms. The van der Waals surface area contributed by atoms with Gasteiger partial charge in [-0.05, 0) is 49.6 Å². The quantitative estimate of drug-likeness (QED) is 0.190. The van der Waals surface area contributed by atoms with Crippen molar-refractivity contribution in [3.8, 4) is 0 Å². The summed E-state index contributed by atoms with van der Waals surface area (Å²) in [5.41, 5.74) is 1.22. The van der Waals surface area contributed by atoms with Crippen molar-refractivity contribution in [3.05, 3.63) is 106 Å². The van der Waals surface area contributed by atoms with Crippen LogP contribution in [0.1, 0.15) is 43.5 Å². The molecule has 3 aromatic rings. The first kappa shape index (κ1) is 27.9. The van der Waals surface area contributed by atoms with Crippen molar-refractivity contribution in [2.45, 2.75) is 45.6 Å². The SMILES string of the molecule is CC(C)(C)OC(=O)N[C@@H](c1cccc(Br)c1)C(C(=O)OCc1ccccc1)C(=O)OCc1ccccc1. The van der Waals surface area contributed by atoms with E-state index in [4.69, 9.17) is 14.2 Å². The van der Waals surface area contributed by atoms with Gasteiger partial charge >= 0.3 is 18.0 Å². The van der Waals surface area contributed by atoms with Gasteiger partial charge in [0.05, 0.1) is 6.04 Å². The van der Waals surface area contributed by atoms with Gasteiger partial charge in [-0.25, -0.2) is 4.79 Å². The van der Waals surface area contributed by atoms with Crippen LogP contribution in [0.2, 0.25) is 0 Å². The highest BCUT2D eigenvalue weighted by atomic mass is 79.9. The van der Waals surface area contributed by atoms with Crippen molar-refractivity contribution in [1.29, 1.82) is 0 Å². The minimum absolute atomic E-state index is 0.0419. The molecular formula is C29H30BrNO6. The zero-order valence-corrected chi connectivity index (χ0v) is 22.6. The Bertz CT molecular complexity index is 1140. The lowest BCUT2D eigenvalue weighted by Crippen LogP contribution is -2.43. The van der Waals surface area contributed by atoms with Crippen molar-refractivity contribution in [1.82, 2.24) is 5.32 Å². The number of hydrogen-bond acceptors (Lipinski definition) is 6. The van der Waals surface area contributed by atoms with E-state index in [1.165, 1.54) is 0 Å². The molecule has 0 unspecified atom stereocenters. The lowest BCUT2D eigenvalue weighted by atomic mass is 9.93.